The van der Waals surface area contributed by atoms with Crippen LogP contribution in [-0.4, -0.2) is 9.97 Å². The van der Waals surface area contributed by atoms with Crippen molar-refractivity contribution in [1.82, 2.24) is 9.97 Å². The van der Waals surface area contributed by atoms with Gasteiger partial charge in [0.2, 0.25) is 0 Å². The van der Waals surface area contributed by atoms with Crippen LogP contribution in [0.5, 0.6) is 0 Å². The topological polar surface area (TPSA) is 25.8 Å². The smallest absolute Gasteiger partial charge is 0.0702 e. The third kappa shape index (κ3) is 2.95. The summed E-state index contributed by atoms with van der Waals surface area (Å²) in [5, 5.41) is 0. The Balaban J connectivity index is 1.67. The summed E-state index contributed by atoms with van der Waals surface area (Å²) >= 11 is 0. The Hall–Kier alpha value is -3.26. The van der Waals surface area contributed by atoms with Crippen molar-refractivity contribution in [2.24, 2.45) is 0 Å². The van der Waals surface area contributed by atoms with Crippen molar-refractivity contribution < 1.29 is 0 Å². The van der Waals surface area contributed by atoms with Gasteiger partial charge in [0.15, 0.2) is 0 Å². The van der Waals surface area contributed by atoms with Crippen molar-refractivity contribution in [1.29, 1.82) is 0 Å². The number of pyridine rings is 2. The molecule has 2 heteroatoms. The summed E-state index contributed by atoms with van der Waals surface area (Å²) in [4.78, 5) is 8.79. The number of benzene rings is 2. The van der Waals surface area contributed by atoms with Crippen LogP contribution < -0.4 is 0 Å². The Morgan fingerprint density at radius 1 is 0.500 bits per heavy atom. The Morgan fingerprint density at radius 3 is 2.00 bits per heavy atom. The number of hydrogen-bond acceptors (Lipinski definition) is 2. The first-order chi connectivity index (χ1) is 11.9. The Kier molecular flexibility index (Phi) is 3.86. The van der Waals surface area contributed by atoms with Gasteiger partial charge in [-0.25, -0.2) is 0 Å². The molecule has 0 amide bonds. The van der Waals surface area contributed by atoms with E-state index in [0.29, 0.717) is 0 Å². The summed E-state index contributed by atoms with van der Waals surface area (Å²) in [7, 11) is 0. The summed E-state index contributed by atoms with van der Waals surface area (Å²) in [5.74, 6) is 0. The highest BCUT2D eigenvalue weighted by Gasteiger charge is 2.04. The molecule has 2 heterocycles. The second-order valence-electron chi connectivity index (χ2n) is 5.62. The molecule has 0 saturated carbocycles. The quantitative estimate of drug-likeness (QED) is 0.501. The van der Waals surface area contributed by atoms with Gasteiger partial charge < -0.3 is 0 Å². The molecule has 2 aromatic heterocycles. The summed E-state index contributed by atoms with van der Waals surface area (Å²) in [5.41, 5.74) is 6.66. The minimum absolute atomic E-state index is 0.973. The molecule has 0 fully saturated rings. The van der Waals surface area contributed by atoms with Gasteiger partial charge in [-0.3, -0.25) is 9.97 Å². The summed E-state index contributed by atoms with van der Waals surface area (Å²) in [6, 6.07) is 27.0. The number of rotatable bonds is 3. The predicted molar refractivity (Wildman–Crippen MR) is 98.3 cm³/mol. The fourth-order valence-corrected chi connectivity index (χ4v) is 2.76. The van der Waals surface area contributed by atoms with E-state index in [1.807, 2.05) is 30.6 Å². The van der Waals surface area contributed by atoms with E-state index in [-0.39, 0.29) is 0 Å². The van der Waals surface area contributed by atoms with Crippen molar-refractivity contribution in [3.8, 4) is 33.5 Å². The fourth-order valence-electron chi connectivity index (χ4n) is 2.76. The van der Waals surface area contributed by atoms with E-state index >= 15 is 0 Å². The highest BCUT2D eigenvalue weighted by atomic mass is 14.7. The lowest BCUT2D eigenvalue weighted by Gasteiger charge is -2.07. The van der Waals surface area contributed by atoms with Gasteiger partial charge in [-0.1, -0.05) is 60.7 Å². The van der Waals surface area contributed by atoms with Gasteiger partial charge in [-0.15, -0.1) is 0 Å². The number of aromatic nitrogens is 2. The second-order valence-corrected chi connectivity index (χ2v) is 5.62. The third-order valence-electron chi connectivity index (χ3n) is 4.02. The maximum Gasteiger partial charge on any atom is 0.0702 e. The van der Waals surface area contributed by atoms with Crippen molar-refractivity contribution in [3.05, 3.63) is 97.5 Å². The van der Waals surface area contributed by atoms with Crippen molar-refractivity contribution in [3.63, 3.8) is 0 Å². The molecular formula is C22H16N2. The fraction of sp³-hybridized carbons (Fsp3) is 0. The molecule has 2 aromatic carbocycles. The zero-order chi connectivity index (χ0) is 16.2. The van der Waals surface area contributed by atoms with Crippen LogP contribution in [0.15, 0.2) is 97.5 Å². The van der Waals surface area contributed by atoms with Gasteiger partial charge in [0.1, 0.15) is 0 Å². The van der Waals surface area contributed by atoms with E-state index in [1.165, 1.54) is 11.1 Å². The molecule has 0 spiro atoms. The molecule has 0 N–H and O–H groups in total. The maximum atomic E-state index is 4.63. The Bertz CT molecular complexity index is 930. The first-order valence-corrected chi connectivity index (χ1v) is 7.92. The van der Waals surface area contributed by atoms with Gasteiger partial charge in [0.25, 0.3) is 0 Å². The Morgan fingerprint density at radius 2 is 1.25 bits per heavy atom. The van der Waals surface area contributed by atoms with Gasteiger partial charge in [-0.2, -0.15) is 0 Å². The molecule has 0 bridgehead atoms. The minimum atomic E-state index is 0.973. The Labute approximate surface area is 141 Å². The van der Waals surface area contributed by atoms with E-state index in [4.69, 9.17) is 0 Å². The molecule has 0 radical (unpaired) electrons. The van der Waals surface area contributed by atoms with Gasteiger partial charge in [0.05, 0.1) is 5.69 Å². The zero-order valence-electron chi connectivity index (χ0n) is 13.1. The molecule has 4 rings (SSSR count). The van der Waals surface area contributed by atoms with E-state index < -0.39 is 0 Å². The molecule has 0 aliphatic rings. The van der Waals surface area contributed by atoms with E-state index in [2.05, 4.69) is 70.6 Å². The first kappa shape index (κ1) is 14.3. The van der Waals surface area contributed by atoms with Crippen LogP contribution in [0.3, 0.4) is 0 Å². The van der Waals surface area contributed by atoms with Crippen molar-refractivity contribution in [2.45, 2.75) is 0 Å². The normalized spacial score (nSPS) is 10.5. The van der Waals surface area contributed by atoms with Crippen LogP contribution in [0, 0.1) is 0 Å². The molecule has 0 unspecified atom stereocenters. The summed E-state index contributed by atoms with van der Waals surface area (Å²) < 4.78 is 0. The second kappa shape index (κ2) is 6.47. The van der Waals surface area contributed by atoms with Crippen molar-refractivity contribution in [2.75, 3.05) is 0 Å². The highest BCUT2D eigenvalue weighted by Crippen LogP contribution is 2.26. The van der Waals surface area contributed by atoms with Crippen LogP contribution in [-0.2, 0) is 0 Å². The molecule has 0 saturated heterocycles. The van der Waals surface area contributed by atoms with Gasteiger partial charge in [-0.05, 0) is 29.3 Å². The molecule has 0 aliphatic heterocycles. The van der Waals surface area contributed by atoms with Crippen LogP contribution in [0.4, 0.5) is 0 Å². The molecule has 0 aliphatic carbocycles. The third-order valence-corrected chi connectivity index (χ3v) is 4.02. The minimum Gasteiger partial charge on any atom is -0.264 e. The van der Waals surface area contributed by atoms with E-state index in [0.717, 1.165) is 22.4 Å². The molecule has 4 aromatic rings. The molecule has 24 heavy (non-hydrogen) atoms. The number of nitrogens with zero attached hydrogens (tertiary/aromatic N) is 2. The number of hydrogen-bond donors (Lipinski definition) is 0. The monoisotopic (exact) mass is 308 g/mol. The van der Waals surface area contributed by atoms with Crippen molar-refractivity contribution >= 4 is 0 Å². The summed E-state index contributed by atoms with van der Waals surface area (Å²) in [6.07, 6.45) is 5.54. The van der Waals surface area contributed by atoms with E-state index in [9.17, 15) is 0 Å². The maximum absolute atomic E-state index is 4.63. The predicted octanol–water partition coefficient (Wildman–Crippen LogP) is 5.48. The first-order valence-electron chi connectivity index (χ1n) is 7.92. The van der Waals surface area contributed by atoms with Crippen LogP contribution >= 0.6 is 0 Å². The SMILES string of the molecule is c1ccc(-c2cccc(-c3ccc(-c4cccnc4)cn3)c2)cc1. The van der Waals surface area contributed by atoms with Gasteiger partial charge in [0, 0.05) is 35.3 Å². The lowest BCUT2D eigenvalue weighted by Crippen LogP contribution is -1.86. The van der Waals surface area contributed by atoms with Crippen LogP contribution in [0.25, 0.3) is 33.5 Å². The molecule has 114 valence electrons. The average molecular weight is 308 g/mol. The van der Waals surface area contributed by atoms with E-state index in [1.54, 1.807) is 6.20 Å². The standard InChI is InChI=1S/C22H16N2/c1-2-6-17(7-3-1)18-8-4-9-19(14-18)22-12-11-21(16-24-22)20-10-5-13-23-15-20/h1-16H. The largest absolute Gasteiger partial charge is 0.264 e. The highest BCUT2D eigenvalue weighted by molar-refractivity contribution is 5.72. The van der Waals surface area contributed by atoms with Crippen LogP contribution in [0.1, 0.15) is 0 Å². The van der Waals surface area contributed by atoms with Crippen LogP contribution in [0.2, 0.25) is 0 Å². The molecule has 0 atom stereocenters. The average Bonchev–Trinajstić information content (AvgIpc) is 2.70. The molecule has 2 nitrogen and oxygen atoms in total. The molecular weight excluding hydrogens is 292 g/mol. The van der Waals surface area contributed by atoms with Gasteiger partial charge >= 0.3 is 0 Å². The zero-order valence-corrected chi connectivity index (χ0v) is 13.1. The lowest BCUT2D eigenvalue weighted by molar-refractivity contribution is 1.30. The lowest BCUT2D eigenvalue weighted by atomic mass is 10.0. The summed E-state index contributed by atoms with van der Waals surface area (Å²) in [6.45, 7) is 0.